The highest BCUT2D eigenvalue weighted by Gasteiger charge is 2.29. The predicted molar refractivity (Wildman–Crippen MR) is 82.7 cm³/mol. The van der Waals surface area contributed by atoms with Gasteiger partial charge in [0, 0.05) is 18.4 Å². The fraction of sp³-hybridized carbons (Fsp3) is 0.250. The van der Waals surface area contributed by atoms with Crippen LogP contribution >= 0.6 is 0 Å². The molecule has 1 aromatic carbocycles. The van der Waals surface area contributed by atoms with Crippen molar-refractivity contribution in [1.29, 1.82) is 0 Å². The first kappa shape index (κ1) is 17.6. The van der Waals surface area contributed by atoms with E-state index < -0.39 is 18.7 Å². The minimum Gasteiger partial charge on any atom is -0.467 e. The maximum atomic E-state index is 12.2. The van der Waals surface area contributed by atoms with Crippen molar-refractivity contribution in [1.82, 2.24) is 10.3 Å². The van der Waals surface area contributed by atoms with Crippen LogP contribution in [0.1, 0.15) is 15.9 Å². The minimum absolute atomic E-state index is 0.0425. The molecule has 128 valence electrons. The molecule has 8 heteroatoms. The number of alkyl halides is 3. The number of aromatic nitrogens is 1. The van der Waals surface area contributed by atoms with Crippen LogP contribution in [-0.4, -0.2) is 30.2 Å². The molecule has 3 N–H and O–H groups in total. The van der Waals surface area contributed by atoms with Gasteiger partial charge in [-0.15, -0.1) is 0 Å². The summed E-state index contributed by atoms with van der Waals surface area (Å²) in [6.07, 6.45) is -2.68. The van der Waals surface area contributed by atoms with Gasteiger partial charge >= 0.3 is 6.18 Å². The number of anilines is 1. The van der Waals surface area contributed by atoms with Crippen LogP contribution in [0.3, 0.4) is 0 Å². The van der Waals surface area contributed by atoms with Crippen molar-refractivity contribution >= 4 is 11.6 Å². The normalized spacial score (nSPS) is 11.1. The number of carbonyl (C=O) groups excluding carboxylic acids is 1. The number of hydrogen-bond acceptors (Lipinski definition) is 4. The third-order valence-corrected chi connectivity index (χ3v) is 3.07. The quantitative estimate of drug-likeness (QED) is 0.793. The summed E-state index contributed by atoms with van der Waals surface area (Å²) in [7, 11) is 0. The van der Waals surface area contributed by atoms with Gasteiger partial charge in [0.05, 0.1) is 0 Å². The van der Waals surface area contributed by atoms with E-state index >= 15 is 0 Å². The first-order valence-corrected chi connectivity index (χ1v) is 7.12. The highest BCUT2D eigenvalue weighted by atomic mass is 19.4. The number of carbonyl (C=O) groups is 1. The Balaban J connectivity index is 1.93. The molecular formula is C16H16F3N3O2. The molecule has 0 aliphatic rings. The summed E-state index contributed by atoms with van der Waals surface area (Å²) < 4.78 is 41.3. The monoisotopic (exact) mass is 339 g/mol. The van der Waals surface area contributed by atoms with Crippen molar-refractivity contribution < 1.29 is 22.7 Å². The number of nitrogens with zero attached hydrogens (tertiary/aromatic N) is 1. The molecule has 0 spiro atoms. The van der Waals surface area contributed by atoms with Crippen LogP contribution in [0.15, 0.2) is 42.6 Å². The molecule has 5 nitrogen and oxygen atoms in total. The molecular weight excluding hydrogens is 323 g/mol. The zero-order valence-corrected chi connectivity index (χ0v) is 12.6. The fourth-order valence-corrected chi connectivity index (χ4v) is 1.93. The molecule has 1 aromatic heterocycles. The van der Waals surface area contributed by atoms with E-state index in [4.69, 9.17) is 5.73 Å². The van der Waals surface area contributed by atoms with Crippen molar-refractivity contribution in [3.63, 3.8) is 0 Å². The zero-order chi connectivity index (χ0) is 17.6. The molecule has 1 heterocycles. The topological polar surface area (TPSA) is 77.2 Å². The second-order valence-electron chi connectivity index (χ2n) is 5.01. The second kappa shape index (κ2) is 7.67. The van der Waals surface area contributed by atoms with Crippen molar-refractivity contribution in [3.8, 4) is 5.88 Å². The molecule has 0 saturated carbocycles. The summed E-state index contributed by atoms with van der Waals surface area (Å²) in [5, 5.41) is 2.63. The van der Waals surface area contributed by atoms with Crippen LogP contribution in [0.2, 0.25) is 0 Å². The molecule has 0 aliphatic carbocycles. The van der Waals surface area contributed by atoms with Gasteiger partial charge in [-0.25, -0.2) is 4.98 Å². The molecule has 0 radical (unpaired) electrons. The number of nitrogens with two attached hydrogens (primary N) is 1. The Labute approximate surface area is 136 Å². The van der Waals surface area contributed by atoms with E-state index in [1.807, 2.05) is 12.1 Å². The number of amides is 1. The van der Waals surface area contributed by atoms with Crippen LogP contribution in [0.4, 0.5) is 18.9 Å². The Bertz CT molecular complexity index is 688. The fourth-order valence-electron chi connectivity index (χ4n) is 1.93. The van der Waals surface area contributed by atoms with Gasteiger partial charge in [0.1, 0.15) is 5.56 Å². The van der Waals surface area contributed by atoms with Gasteiger partial charge in [0.25, 0.3) is 5.91 Å². The first-order valence-electron chi connectivity index (χ1n) is 7.12. The molecule has 0 aliphatic heterocycles. The zero-order valence-electron chi connectivity index (χ0n) is 12.6. The van der Waals surface area contributed by atoms with Crippen molar-refractivity contribution in [2.24, 2.45) is 0 Å². The van der Waals surface area contributed by atoms with Gasteiger partial charge in [0.2, 0.25) is 5.88 Å². The van der Waals surface area contributed by atoms with Gasteiger partial charge in [-0.2, -0.15) is 13.2 Å². The molecule has 0 fully saturated rings. The molecule has 2 aromatic rings. The maximum Gasteiger partial charge on any atom is 0.422 e. The van der Waals surface area contributed by atoms with E-state index in [1.165, 1.54) is 18.3 Å². The lowest BCUT2D eigenvalue weighted by Crippen LogP contribution is -2.27. The van der Waals surface area contributed by atoms with Gasteiger partial charge in [0.15, 0.2) is 6.61 Å². The van der Waals surface area contributed by atoms with Crippen LogP contribution < -0.4 is 15.8 Å². The summed E-state index contributed by atoms with van der Waals surface area (Å²) in [5.41, 5.74) is 7.16. The number of halogens is 3. The number of ether oxygens (including phenoxy) is 1. The van der Waals surface area contributed by atoms with Crippen molar-refractivity contribution in [2.45, 2.75) is 12.6 Å². The van der Waals surface area contributed by atoms with Crippen LogP contribution in [0.25, 0.3) is 0 Å². The summed E-state index contributed by atoms with van der Waals surface area (Å²) in [6.45, 7) is -1.19. The number of rotatable bonds is 6. The van der Waals surface area contributed by atoms with Crippen molar-refractivity contribution in [3.05, 3.63) is 53.7 Å². The Morgan fingerprint density at radius 3 is 2.58 bits per heavy atom. The number of pyridine rings is 1. The Morgan fingerprint density at radius 2 is 1.92 bits per heavy atom. The van der Waals surface area contributed by atoms with E-state index in [1.54, 1.807) is 12.1 Å². The standard InChI is InChI=1S/C16H16F3N3O2/c17-16(18,19)10-24-15-13(2-1-8-22-15)14(23)21-9-7-11-3-5-12(20)6-4-11/h1-6,8H,7,9-10,20H2,(H,21,23). The summed E-state index contributed by atoms with van der Waals surface area (Å²) in [6, 6.07) is 9.99. The average Bonchev–Trinajstić information content (AvgIpc) is 2.54. The predicted octanol–water partition coefficient (Wildman–Crippen LogP) is 2.58. The highest BCUT2D eigenvalue weighted by molar-refractivity contribution is 5.96. The molecule has 1 amide bonds. The summed E-state index contributed by atoms with van der Waals surface area (Å²) in [4.78, 5) is 15.8. The number of nitrogens with one attached hydrogen (secondary N) is 1. The number of hydrogen-bond donors (Lipinski definition) is 2. The first-order chi connectivity index (χ1) is 11.3. The summed E-state index contributed by atoms with van der Waals surface area (Å²) >= 11 is 0. The average molecular weight is 339 g/mol. The Morgan fingerprint density at radius 1 is 1.21 bits per heavy atom. The van der Waals surface area contributed by atoms with E-state index in [2.05, 4.69) is 15.0 Å². The SMILES string of the molecule is Nc1ccc(CCNC(=O)c2cccnc2OCC(F)(F)F)cc1. The van der Waals surface area contributed by atoms with Gasteiger partial charge in [-0.1, -0.05) is 12.1 Å². The molecule has 0 bridgehead atoms. The molecule has 0 saturated heterocycles. The molecule has 0 atom stereocenters. The summed E-state index contributed by atoms with van der Waals surface area (Å²) in [5.74, 6) is -0.893. The van der Waals surface area contributed by atoms with Crippen LogP contribution in [0.5, 0.6) is 5.88 Å². The van der Waals surface area contributed by atoms with Crippen molar-refractivity contribution in [2.75, 3.05) is 18.9 Å². The van der Waals surface area contributed by atoms with E-state index in [9.17, 15) is 18.0 Å². The van der Waals surface area contributed by atoms with Gasteiger partial charge < -0.3 is 15.8 Å². The molecule has 0 unspecified atom stereocenters. The lowest BCUT2D eigenvalue weighted by molar-refractivity contribution is -0.154. The van der Waals surface area contributed by atoms with Gasteiger partial charge in [-0.05, 0) is 36.2 Å². The van der Waals surface area contributed by atoms with E-state index in [0.717, 1.165) is 5.56 Å². The second-order valence-corrected chi connectivity index (χ2v) is 5.01. The van der Waals surface area contributed by atoms with E-state index in [-0.39, 0.29) is 11.4 Å². The van der Waals surface area contributed by atoms with Crippen LogP contribution in [0, 0.1) is 0 Å². The third kappa shape index (κ3) is 5.45. The largest absolute Gasteiger partial charge is 0.467 e. The minimum atomic E-state index is -4.50. The lowest BCUT2D eigenvalue weighted by atomic mass is 10.1. The Kier molecular flexibility index (Phi) is 5.62. The number of benzene rings is 1. The van der Waals surface area contributed by atoms with E-state index in [0.29, 0.717) is 18.7 Å². The number of nitrogen functional groups attached to an aromatic ring is 1. The van der Waals surface area contributed by atoms with Gasteiger partial charge in [-0.3, -0.25) is 4.79 Å². The molecule has 2 rings (SSSR count). The maximum absolute atomic E-state index is 12.2. The Hall–Kier alpha value is -2.77. The molecule has 24 heavy (non-hydrogen) atoms. The third-order valence-electron chi connectivity index (χ3n) is 3.07. The van der Waals surface area contributed by atoms with Crippen LogP contribution in [-0.2, 0) is 6.42 Å². The highest BCUT2D eigenvalue weighted by Crippen LogP contribution is 2.19. The smallest absolute Gasteiger partial charge is 0.422 e. The lowest BCUT2D eigenvalue weighted by Gasteiger charge is -2.12.